The summed E-state index contributed by atoms with van der Waals surface area (Å²) in [6.07, 6.45) is 8.66. The summed E-state index contributed by atoms with van der Waals surface area (Å²) in [4.78, 5) is 14.5. The summed E-state index contributed by atoms with van der Waals surface area (Å²) in [5, 5.41) is 11.4. The van der Waals surface area contributed by atoms with Crippen molar-refractivity contribution < 1.29 is 4.79 Å². The van der Waals surface area contributed by atoms with Crippen LogP contribution in [0.15, 0.2) is 48.5 Å². The second kappa shape index (κ2) is 14.4. The standard InChI is InChI=1S/C27H34Cl2N4OS/c1-20-7-3-4-8-25(20)32-27(35)31-22-13-17-33(18-14-22)16-6-2-5-15-30-26(34)12-10-21-9-11-23(28)24(29)19-21/h3-4,7-12,19,22H,2,5-6,13-18H2,1H3,(H,30,34)(H2,31,32,35)/b12-10+. The number of amides is 1. The molecule has 3 rings (SSSR count). The zero-order chi connectivity index (χ0) is 25.0. The lowest BCUT2D eigenvalue weighted by Gasteiger charge is -2.33. The van der Waals surface area contributed by atoms with Crippen molar-refractivity contribution in [1.29, 1.82) is 0 Å². The molecule has 0 aliphatic carbocycles. The molecular weight excluding hydrogens is 499 g/mol. The summed E-state index contributed by atoms with van der Waals surface area (Å²) in [6.45, 7) is 6.03. The molecular formula is C27H34Cl2N4OS. The van der Waals surface area contributed by atoms with E-state index in [1.54, 1.807) is 18.2 Å². The zero-order valence-corrected chi connectivity index (χ0v) is 22.5. The highest BCUT2D eigenvalue weighted by Crippen LogP contribution is 2.23. The van der Waals surface area contributed by atoms with E-state index in [0.717, 1.165) is 63.0 Å². The predicted molar refractivity (Wildman–Crippen MR) is 152 cm³/mol. The normalized spacial score (nSPS) is 14.7. The second-order valence-corrected chi connectivity index (χ2v) is 10.1. The van der Waals surface area contributed by atoms with Crippen molar-refractivity contribution in [3.8, 4) is 0 Å². The number of anilines is 1. The highest BCUT2D eigenvalue weighted by Gasteiger charge is 2.19. The number of unbranched alkanes of at least 4 members (excludes halogenated alkanes) is 2. The van der Waals surface area contributed by atoms with Gasteiger partial charge in [-0.2, -0.15) is 0 Å². The number of hydrogen-bond acceptors (Lipinski definition) is 3. The molecule has 1 amide bonds. The lowest BCUT2D eigenvalue weighted by Crippen LogP contribution is -2.46. The predicted octanol–water partition coefficient (Wildman–Crippen LogP) is 6.05. The van der Waals surface area contributed by atoms with Crippen LogP contribution >= 0.6 is 35.4 Å². The van der Waals surface area contributed by atoms with Gasteiger partial charge in [0.25, 0.3) is 0 Å². The molecule has 1 fully saturated rings. The van der Waals surface area contributed by atoms with Gasteiger partial charge in [0.1, 0.15) is 0 Å². The third-order valence-corrected chi connectivity index (χ3v) is 7.10. The summed E-state index contributed by atoms with van der Waals surface area (Å²) < 4.78 is 0. The molecule has 0 unspecified atom stereocenters. The van der Waals surface area contributed by atoms with Crippen molar-refractivity contribution >= 4 is 58.2 Å². The highest BCUT2D eigenvalue weighted by molar-refractivity contribution is 7.80. The van der Waals surface area contributed by atoms with Gasteiger partial charge in [-0.15, -0.1) is 0 Å². The Bertz CT molecular complexity index is 1020. The van der Waals surface area contributed by atoms with E-state index in [0.29, 0.717) is 27.7 Å². The summed E-state index contributed by atoms with van der Waals surface area (Å²) in [5.41, 5.74) is 3.09. The second-order valence-electron chi connectivity index (χ2n) is 8.89. The zero-order valence-electron chi connectivity index (χ0n) is 20.2. The molecule has 0 aromatic heterocycles. The largest absolute Gasteiger partial charge is 0.360 e. The van der Waals surface area contributed by atoms with Crippen LogP contribution in [0.25, 0.3) is 6.08 Å². The Hall–Kier alpha value is -2.12. The molecule has 188 valence electrons. The van der Waals surface area contributed by atoms with Crippen molar-refractivity contribution in [3.05, 3.63) is 69.7 Å². The monoisotopic (exact) mass is 532 g/mol. The number of aryl methyl sites for hydroxylation is 1. The first-order chi connectivity index (χ1) is 16.9. The molecule has 1 aliphatic rings. The minimum Gasteiger partial charge on any atom is -0.360 e. The Morgan fingerprint density at radius 3 is 2.60 bits per heavy atom. The quantitative estimate of drug-likeness (QED) is 0.197. The van der Waals surface area contributed by atoms with Crippen LogP contribution in [-0.2, 0) is 4.79 Å². The molecule has 1 heterocycles. The molecule has 0 spiro atoms. The van der Waals surface area contributed by atoms with E-state index < -0.39 is 0 Å². The van der Waals surface area contributed by atoms with Crippen LogP contribution in [0.5, 0.6) is 0 Å². The first-order valence-electron chi connectivity index (χ1n) is 12.2. The Kier molecular flexibility index (Phi) is 11.3. The lowest BCUT2D eigenvalue weighted by molar-refractivity contribution is -0.116. The molecule has 0 saturated carbocycles. The van der Waals surface area contributed by atoms with Gasteiger partial charge < -0.3 is 20.9 Å². The fraction of sp³-hybridized carbons (Fsp3) is 0.407. The molecule has 0 radical (unpaired) electrons. The van der Waals surface area contributed by atoms with Crippen LogP contribution in [0.4, 0.5) is 5.69 Å². The van der Waals surface area contributed by atoms with E-state index in [2.05, 4.69) is 33.8 Å². The van der Waals surface area contributed by atoms with Gasteiger partial charge in [-0.05, 0) is 86.8 Å². The Labute approximate surface area is 224 Å². The first kappa shape index (κ1) is 27.5. The summed E-state index contributed by atoms with van der Waals surface area (Å²) in [6, 6.07) is 13.9. The number of likely N-dealkylation sites (tertiary alicyclic amines) is 1. The van der Waals surface area contributed by atoms with Gasteiger partial charge in [-0.1, -0.05) is 53.9 Å². The topological polar surface area (TPSA) is 56.4 Å². The summed E-state index contributed by atoms with van der Waals surface area (Å²) in [5.74, 6) is -0.0968. The van der Waals surface area contributed by atoms with E-state index >= 15 is 0 Å². The average Bonchev–Trinajstić information content (AvgIpc) is 2.84. The highest BCUT2D eigenvalue weighted by atomic mass is 35.5. The fourth-order valence-corrected chi connectivity index (χ4v) is 4.64. The number of thiocarbonyl (C=S) groups is 1. The molecule has 8 heteroatoms. The number of piperidine rings is 1. The molecule has 5 nitrogen and oxygen atoms in total. The molecule has 2 aromatic carbocycles. The number of halogens is 2. The number of carbonyl (C=O) groups is 1. The van der Waals surface area contributed by atoms with Gasteiger partial charge in [0.05, 0.1) is 10.0 Å². The van der Waals surface area contributed by atoms with Gasteiger partial charge in [0, 0.05) is 37.4 Å². The van der Waals surface area contributed by atoms with Crippen LogP contribution < -0.4 is 16.0 Å². The molecule has 3 N–H and O–H groups in total. The van der Waals surface area contributed by atoms with E-state index in [4.69, 9.17) is 35.4 Å². The number of hydrogen-bond donors (Lipinski definition) is 3. The first-order valence-corrected chi connectivity index (χ1v) is 13.3. The molecule has 1 saturated heterocycles. The number of carbonyl (C=O) groups excluding carboxylic acids is 1. The lowest BCUT2D eigenvalue weighted by atomic mass is 10.0. The third-order valence-electron chi connectivity index (χ3n) is 6.14. The van der Waals surface area contributed by atoms with Crippen molar-refractivity contribution in [2.75, 3.05) is 31.5 Å². The van der Waals surface area contributed by atoms with E-state index in [-0.39, 0.29) is 5.91 Å². The molecule has 0 bridgehead atoms. The van der Waals surface area contributed by atoms with Gasteiger partial charge in [-0.25, -0.2) is 0 Å². The van der Waals surface area contributed by atoms with Crippen LogP contribution in [-0.4, -0.2) is 48.1 Å². The maximum Gasteiger partial charge on any atom is 0.243 e. The minimum absolute atomic E-state index is 0.0968. The van der Waals surface area contributed by atoms with Crippen LogP contribution in [0.2, 0.25) is 10.0 Å². The molecule has 2 aromatic rings. The van der Waals surface area contributed by atoms with E-state index in [1.807, 2.05) is 24.3 Å². The Morgan fingerprint density at radius 1 is 1.09 bits per heavy atom. The van der Waals surface area contributed by atoms with Crippen molar-refractivity contribution in [2.24, 2.45) is 0 Å². The maximum absolute atomic E-state index is 12.0. The van der Waals surface area contributed by atoms with E-state index in [1.165, 1.54) is 11.6 Å². The fourth-order valence-electron chi connectivity index (χ4n) is 4.05. The SMILES string of the molecule is Cc1ccccc1NC(=S)NC1CCN(CCCCCNC(=O)/C=C/c2ccc(Cl)c(Cl)c2)CC1. The molecule has 0 atom stereocenters. The van der Waals surface area contributed by atoms with Gasteiger partial charge in [0.15, 0.2) is 5.11 Å². The van der Waals surface area contributed by atoms with Gasteiger partial charge in [0.2, 0.25) is 5.91 Å². The molecule has 1 aliphatic heterocycles. The minimum atomic E-state index is -0.0968. The van der Waals surface area contributed by atoms with Crippen LogP contribution in [0.3, 0.4) is 0 Å². The van der Waals surface area contributed by atoms with Gasteiger partial charge >= 0.3 is 0 Å². The van der Waals surface area contributed by atoms with Crippen LogP contribution in [0, 0.1) is 6.92 Å². The third kappa shape index (κ3) is 9.80. The maximum atomic E-state index is 12.0. The smallest absolute Gasteiger partial charge is 0.243 e. The average molecular weight is 534 g/mol. The van der Waals surface area contributed by atoms with Crippen molar-refractivity contribution in [3.63, 3.8) is 0 Å². The summed E-state index contributed by atoms with van der Waals surface area (Å²) >= 11 is 17.4. The van der Waals surface area contributed by atoms with Crippen LogP contribution in [0.1, 0.15) is 43.2 Å². The van der Waals surface area contributed by atoms with Crippen molar-refractivity contribution in [1.82, 2.24) is 15.5 Å². The number of para-hydroxylation sites is 1. The van der Waals surface area contributed by atoms with E-state index in [9.17, 15) is 4.79 Å². The number of benzene rings is 2. The van der Waals surface area contributed by atoms with Crippen molar-refractivity contribution in [2.45, 2.75) is 45.1 Å². The number of nitrogens with one attached hydrogen (secondary N) is 3. The summed E-state index contributed by atoms with van der Waals surface area (Å²) in [7, 11) is 0. The number of rotatable bonds is 10. The molecule has 35 heavy (non-hydrogen) atoms. The van der Waals surface area contributed by atoms with Gasteiger partial charge in [-0.3, -0.25) is 4.79 Å². The number of nitrogens with zero attached hydrogens (tertiary/aromatic N) is 1. The Morgan fingerprint density at radius 2 is 1.86 bits per heavy atom. The Balaban J connectivity index is 1.22.